The van der Waals surface area contributed by atoms with Crippen LogP contribution in [0.3, 0.4) is 0 Å². The van der Waals surface area contributed by atoms with Crippen molar-refractivity contribution in [2.24, 2.45) is 5.41 Å². The van der Waals surface area contributed by atoms with Gasteiger partial charge in [0.05, 0.1) is 16.2 Å². The summed E-state index contributed by atoms with van der Waals surface area (Å²) in [6, 6.07) is 6.78. The van der Waals surface area contributed by atoms with E-state index >= 15 is 0 Å². The zero-order valence-corrected chi connectivity index (χ0v) is 11.8. The molecule has 0 amide bonds. The van der Waals surface area contributed by atoms with E-state index < -0.39 is 4.92 Å². The van der Waals surface area contributed by atoms with E-state index in [1.54, 1.807) is 6.07 Å². The standard InChI is InChI=1S/C15H19N3O2/c1-15(2)7-5-12(6-8-15)17-14-4-3-13(18(19)20)9-11(14)10-16/h3-4,9,12,17H,5-8H2,1-2H3. The number of hydrogen-bond acceptors (Lipinski definition) is 4. The molecular formula is C15H19N3O2. The fourth-order valence-electron chi connectivity index (χ4n) is 2.63. The molecule has 2 rings (SSSR count). The van der Waals surface area contributed by atoms with Crippen molar-refractivity contribution in [3.63, 3.8) is 0 Å². The molecule has 1 aromatic carbocycles. The highest BCUT2D eigenvalue weighted by Crippen LogP contribution is 2.36. The number of non-ortho nitro benzene ring substituents is 1. The van der Waals surface area contributed by atoms with Gasteiger partial charge in [-0.2, -0.15) is 5.26 Å². The predicted molar refractivity (Wildman–Crippen MR) is 77.5 cm³/mol. The molecule has 0 heterocycles. The summed E-state index contributed by atoms with van der Waals surface area (Å²) in [7, 11) is 0. The lowest BCUT2D eigenvalue weighted by Gasteiger charge is -2.35. The van der Waals surface area contributed by atoms with Gasteiger partial charge < -0.3 is 5.32 Å². The molecule has 0 bridgehead atoms. The minimum atomic E-state index is -0.478. The fraction of sp³-hybridized carbons (Fsp3) is 0.533. The van der Waals surface area contributed by atoms with E-state index in [1.807, 2.05) is 6.07 Å². The molecule has 1 aliphatic rings. The van der Waals surface area contributed by atoms with Crippen LogP contribution < -0.4 is 5.32 Å². The van der Waals surface area contributed by atoms with Gasteiger partial charge in [-0.3, -0.25) is 10.1 Å². The van der Waals surface area contributed by atoms with Gasteiger partial charge in [0.2, 0.25) is 0 Å². The summed E-state index contributed by atoms with van der Waals surface area (Å²) < 4.78 is 0. The van der Waals surface area contributed by atoms with E-state index in [0.717, 1.165) is 25.7 Å². The van der Waals surface area contributed by atoms with Gasteiger partial charge in [-0.05, 0) is 37.2 Å². The van der Waals surface area contributed by atoms with Crippen molar-refractivity contribution in [1.82, 2.24) is 0 Å². The van der Waals surface area contributed by atoms with E-state index in [-0.39, 0.29) is 5.69 Å². The van der Waals surface area contributed by atoms with Crippen LogP contribution in [0.4, 0.5) is 11.4 Å². The summed E-state index contributed by atoms with van der Waals surface area (Å²) >= 11 is 0. The maximum atomic E-state index is 10.7. The molecule has 0 saturated heterocycles. The van der Waals surface area contributed by atoms with E-state index in [4.69, 9.17) is 5.26 Å². The average molecular weight is 273 g/mol. The SMILES string of the molecule is CC1(C)CCC(Nc2ccc([N+](=O)[O-])cc2C#N)CC1. The van der Waals surface area contributed by atoms with Crippen LogP contribution in [0.5, 0.6) is 0 Å². The van der Waals surface area contributed by atoms with Gasteiger partial charge in [-0.1, -0.05) is 13.8 Å². The summed E-state index contributed by atoms with van der Waals surface area (Å²) in [5, 5.41) is 23.2. The summed E-state index contributed by atoms with van der Waals surface area (Å²) in [5.74, 6) is 0. The van der Waals surface area contributed by atoms with Crippen LogP contribution >= 0.6 is 0 Å². The lowest BCUT2D eigenvalue weighted by atomic mass is 9.75. The molecular weight excluding hydrogens is 254 g/mol. The van der Waals surface area contributed by atoms with Gasteiger partial charge in [0.1, 0.15) is 6.07 Å². The Morgan fingerprint density at radius 1 is 1.40 bits per heavy atom. The van der Waals surface area contributed by atoms with Crippen molar-refractivity contribution < 1.29 is 4.92 Å². The van der Waals surface area contributed by atoms with Crippen molar-refractivity contribution in [3.05, 3.63) is 33.9 Å². The highest BCUT2D eigenvalue weighted by Gasteiger charge is 2.27. The predicted octanol–water partition coefficient (Wildman–Crippen LogP) is 3.85. The van der Waals surface area contributed by atoms with Gasteiger partial charge in [-0.15, -0.1) is 0 Å². The van der Waals surface area contributed by atoms with Gasteiger partial charge in [0.25, 0.3) is 5.69 Å². The van der Waals surface area contributed by atoms with Crippen LogP contribution in [0, 0.1) is 26.9 Å². The molecule has 0 aromatic heterocycles. The highest BCUT2D eigenvalue weighted by atomic mass is 16.6. The Hall–Kier alpha value is -2.09. The van der Waals surface area contributed by atoms with Gasteiger partial charge >= 0.3 is 0 Å². The number of anilines is 1. The van der Waals surface area contributed by atoms with E-state index in [0.29, 0.717) is 22.7 Å². The Morgan fingerprint density at radius 2 is 2.05 bits per heavy atom. The summed E-state index contributed by atoms with van der Waals surface area (Å²) in [4.78, 5) is 10.2. The third-order valence-corrected chi connectivity index (χ3v) is 4.03. The molecule has 20 heavy (non-hydrogen) atoms. The van der Waals surface area contributed by atoms with Crippen LogP contribution in [0.2, 0.25) is 0 Å². The Bertz CT molecular complexity index is 551. The molecule has 5 heteroatoms. The quantitative estimate of drug-likeness (QED) is 0.670. The minimum Gasteiger partial charge on any atom is -0.381 e. The molecule has 0 aliphatic heterocycles. The summed E-state index contributed by atoms with van der Waals surface area (Å²) in [5.41, 5.74) is 1.38. The monoisotopic (exact) mass is 273 g/mol. The van der Waals surface area contributed by atoms with Crippen LogP contribution in [0.1, 0.15) is 45.1 Å². The van der Waals surface area contributed by atoms with Gasteiger partial charge in [0, 0.05) is 18.2 Å². The number of hydrogen-bond donors (Lipinski definition) is 1. The number of nitro groups is 1. The molecule has 1 aromatic rings. The number of nitro benzene ring substituents is 1. The first-order valence-electron chi connectivity index (χ1n) is 6.86. The summed E-state index contributed by atoms with van der Waals surface area (Å²) in [6.45, 7) is 4.55. The lowest BCUT2D eigenvalue weighted by Crippen LogP contribution is -2.30. The van der Waals surface area contributed by atoms with Crippen LogP contribution in [-0.4, -0.2) is 11.0 Å². The second-order valence-corrected chi connectivity index (χ2v) is 6.18. The first-order chi connectivity index (χ1) is 9.41. The third kappa shape index (κ3) is 3.27. The van der Waals surface area contributed by atoms with Crippen molar-refractivity contribution >= 4 is 11.4 Å². The van der Waals surface area contributed by atoms with Crippen molar-refractivity contribution in [2.45, 2.75) is 45.6 Å². The number of nitrogens with one attached hydrogen (secondary N) is 1. The molecule has 0 spiro atoms. The normalized spacial score (nSPS) is 18.2. The molecule has 106 valence electrons. The molecule has 0 radical (unpaired) electrons. The van der Waals surface area contributed by atoms with E-state index in [2.05, 4.69) is 19.2 Å². The molecule has 1 saturated carbocycles. The van der Waals surface area contributed by atoms with E-state index in [9.17, 15) is 10.1 Å². The zero-order chi connectivity index (χ0) is 14.8. The van der Waals surface area contributed by atoms with Gasteiger partial charge in [-0.25, -0.2) is 0 Å². The molecule has 1 aliphatic carbocycles. The van der Waals surface area contributed by atoms with Crippen LogP contribution in [-0.2, 0) is 0 Å². The first kappa shape index (κ1) is 14.3. The van der Waals surface area contributed by atoms with E-state index in [1.165, 1.54) is 12.1 Å². The molecule has 1 fully saturated rings. The maximum Gasteiger partial charge on any atom is 0.270 e. The van der Waals surface area contributed by atoms with Gasteiger partial charge in [0.15, 0.2) is 0 Å². The second-order valence-electron chi connectivity index (χ2n) is 6.18. The molecule has 0 unspecified atom stereocenters. The minimum absolute atomic E-state index is 0.0446. The highest BCUT2D eigenvalue weighted by molar-refractivity contribution is 5.61. The van der Waals surface area contributed by atoms with Crippen LogP contribution in [0.25, 0.3) is 0 Å². The number of nitrogens with zero attached hydrogens (tertiary/aromatic N) is 2. The third-order valence-electron chi connectivity index (χ3n) is 4.03. The molecule has 5 nitrogen and oxygen atoms in total. The first-order valence-corrected chi connectivity index (χ1v) is 6.86. The largest absolute Gasteiger partial charge is 0.381 e. The number of nitriles is 1. The van der Waals surface area contributed by atoms with Crippen molar-refractivity contribution in [3.8, 4) is 6.07 Å². The Labute approximate surface area is 118 Å². The Balaban J connectivity index is 2.10. The topological polar surface area (TPSA) is 79.0 Å². The average Bonchev–Trinajstić information content (AvgIpc) is 2.41. The molecule has 0 atom stereocenters. The number of benzene rings is 1. The zero-order valence-electron chi connectivity index (χ0n) is 11.8. The maximum absolute atomic E-state index is 10.7. The summed E-state index contributed by atoms with van der Waals surface area (Å²) in [6.07, 6.45) is 4.43. The smallest absolute Gasteiger partial charge is 0.270 e. The lowest BCUT2D eigenvalue weighted by molar-refractivity contribution is -0.384. The van der Waals surface area contributed by atoms with Crippen molar-refractivity contribution in [1.29, 1.82) is 5.26 Å². The Morgan fingerprint density at radius 3 is 2.60 bits per heavy atom. The van der Waals surface area contributed by atoms with Crippen molar-refractivity contribution in [2.75, 3.05) is 5.32 Å². The number of rotatable bonds is 3. The second kappa shape index (κ2) is 5.49. The molecule has 1 N–H and O–H groups in total. The fourth-order valence-corrected chi connectivity index (χ4v) is 2.63. The Kier molecular flexibility index (Phi) is 3.93. The van der Waals surface area contributed by atoms with Crippen LogP contribution in [0.15, 0.2) is 18.2 Å².